The number of rotatable bonds is 2. The van der Waals surface area contributed by atoms with Gasteiger partial charge in [0.1, 0.15) is 11.1 Å². The van der Waals surface area contributed by atoms with Crippen LogP contribution in [0.25, 0.3) is 23.3 Å². The van der Waals surface area contributed by atoms with E-state index in [1.54, 1.807) is 12.1 Å². The lowest BCUT2D eigenvalue weighted by atomic mass is 10.3. The average molecular weight is 299 g/mol. The van der Waals surface area contributed by atoms with Crippen LogP contribution in [0.1, 0.15) is 11.5 Å². The van der Waals surface area contributed by atoms with Crippen molar-refractivity contribution in [1.82, 2.24) is 14.1 Å². The minimum absolute atomic E-state index is 0.00754. The maximum Gasteiger partial charge on any atom is 0.333 e. The van der Waals surface area contributed by atoms with Crippen molar-refractivity contribution < 1.29 is 9.52 Å². The fourth-order valence-electron chi connectivity index (χ4n) is 2.12. The summed E-state index contributed by atoms with van der Waals surface area (Å²) in [4.78, 5) is 27.9. The Morgan fingerprint density at radius 1 is 1.14 bits per heavy atom. The van der Waals surface area contributed by atoms with Crippen molar-refractivity contribution in [2.24, 2.45) is 14.1 Å². The molecule has 3 rings (SSSR count). The molecular weight excluding hydrogens is 286 g/mol. The van der Waals surface area contributed by atoms with Crippen molar-refractivity contribution in [2.45, 2.75) is 0 Å². The van der Waals surface area contributed by atoms with E-state index < -0.39 is 17.1 Å². The Labute approximate surface area is 124 Å². The van der Waals surface area contributed by atoms with Crippen molar-refractivity contribution in [3.8, 4) is 5.88 Å². The van der Waals surface area contributed by atoms with Gasteiger partial charge in [-0.05, 0) is 18.2 Å². The van der Waals surface area contributed by atoms with Crippen LogP contribution in [0, 0.1) is 0 Å². The van der Waals surface area contributed by atoms with E-state index in [9.17, 15) is 14.7 Å². The number of hydrogen-bond acceptors (Lipinski definition) is 5. The molecule has 3 aromatic rings. The summed E-state index contributed by atoms with van der Waals surface area (Å²) in [6.45, 7) is 0. The SMILES string of the molecule is Cn1c(O)c(/C=C/c2nc3ccccc3o2)c(=O)n(C)c1=O. The zero-order valence-electron chi connectivity index (χ0n) is 12.0. The van der Waals surface area contributed by atoms with Gasteiger partial charge in [0.05, 0.1) is 0 Å². The Kier molecular flexibility index (Phi) is 3.17. The highest BCUT2D eigenvalue weighted by molar-refractivity contribution is 5.76. The Morgan fingerprint density at radius 2 is 1.86 bits per heavy atom. The van der Waals surface area contributed by atoms with Crippen molar-refractivity contribution in [2.75, 3.05) is 0 Å². The molecule has 0 atom stereocenters. The molecule has 7 heteroatoms. The van der Waals surface area contributed by atoms with E-state index >= 15 is 0 Å². The molecule has 0 aliphatic rings. The first-order valence-corrected chi connectivity index (χ1v) is 6.51. The maximum atomic E-state index is 12.0. The first-order chi connectivity index (χ1) is 10.5. The van der Waals surface area contributed by atoms with Crippen molar-refractivity contribution in [3.05, 3.63) is 56.6 Å². The van der Waals surface area contributed by atoms with Crippen LogP contribution in [0.15, 0.2) is 38.3 Å². The summed E-state index contributed by atoms with van der Waals surface area (Å²) in [6, 6.07) is 7.25. The van der Waals surface area contributed by atoms with Crippen LogP contribution < -0.4 is 11.2 Å². The Hall–Kier alpha value is -3.09. The van der Waals surface area contributed by atoms with Gasteiger partial charge in [0, 0.05) is 20.2 Å². The molecule has 0 amide bonds. The van der Waals surface area contributed by atoms with Gasteiger partial charge >= 0.3 is 5.69 Å². The third-order valence-corrected chi connectivity index (χ3v) is 3.37. The van der Waals surface area contributed by atoms with Crippen LogP contribution >= 0.6 is 0 Å². The second kappa shape index (κ2) is 5.03. The summed E-state index contributed by atoms with van der Waals surface area (Å²) >= 11 is 0. The van der Waals surface area contributed by atoms with E-state index in [0.29, 0.717) is 17.0 Å². The van der Waals surface area contributed by atoms with E-state index in [2.05, 4.69) is 4.98 Å². The van der Waals surface area contributed by atoms with Gasteiger partial charge in [0.25, 0.3) is 5.56 Å². The van der Waals surface area contributed by atoms with Crippen molar-refractivity contribution in [3.63, 3.8) is 0 Å². The van der Waals surface area contributed by atoms with Crippen LogP contribution in [-0.2, 0) is 14.1 Å². The van der Waals surface area contributed by atoms with Gasteiger partial charge in [0.2, 0.25) is 11.8 Å². The van der Waals surface area contributed by atoms with Gasteiger partial charge < -0.3 is 9.52 Å². The molecule has 22 heavy (non-hydrogen) atoms. The summed E-state index contributed by atoms with van der Waals surface area (Å²) in [6.07, 6.45) is 2.85. The summed E-state index contributed by atoms with van der Waals surface area (Å²) < 4.78 is 7.41. The lowest BCUT2D eigenvalue weighted by molar-refractivity contribution is 0.410. The molecule has 0 aliphatic carbocycles. The van der Waals surface area contributed by atoms with Gasteiger partial charge in [-0.15, -0.1) is 0 Å². The summed E-state index contributed by atoms with van der Waals surface area (Å²) in [5.74, 6) is -0.100. The summed E-state index contributed by atoms with van der Waals surface area (Å²) in [5.41, 5.74) is 0.126. The largest absolute Gasteiger partial charge is 0.494 e. The summed E-state index contributed by atoms with van der Waals surface area (Å²) in [5, 5.41) is 9.95. The second-order valence-electron chi connectivity index (χ2n) is 4.80. The third kappa shape index (κ3) is 2.12. The van der Waals surface area contributed by atoms with Gasteiger partial charge in [-0.2, -0.15) is 0 Å². The first kappa shape index (κ1) is 13.9. The number of nitrogens with zero attached hydrogens (tertiary/aromatic N) is 3. The molecule has 0 saturated carbocycles. The molecule has 0 aliphatic heterocycles. The van der Waals surface area contributed by atoms with Crippen LogP contribution in [0.2, 0.25) is 0 Å². The van der Waals surface area contributed by atoms with Gasteiger partial charge in [-0.1, -0.05) is 12.1 Å². The molecule has 0 saturated heterocycles. The van der Waals surface area contributed by atoms with Gasteiger partial charge in [-0.25, -0.2) is 9.78 Å². The number of aromatic hydroxyl groups is 1. The first-order valence-electron chi connectivity index (χ1n) is 6.51. The smallest absolute Gasteiger partial charge is 0.333 e. The van der Waals surface area contributed by atoms with E-state index in [0.717, 1.165) is 9.13 Å². The van der Waals surface area contributed by atoms with E-state index in [-0.39, 0.29) is 5.56 Å². The Bertz CT molecular complexity index is 975. The topological polar surface area (TPSA) is 90.3 Å². The van der Waals surface area contributed by atoms with Crippen LogP contribution in [0.5, 0.6) is 5.88 Å². The minimum atomic E-state index is -0.596. The zero-order chi connectivity index (χ0) is 15.9. The molecule has 0 bridgehead atoms. The molecule has 0 radical (unpaired) electrons. The van der Waals surface area contributed by atoms with E-state index in [1.807, 2.05) is 12.1 Å². The number of fused-ring (bicyclic) bond motifs is 1. The number of aromatic nitrogens is 3. The molecule has 0 unspecified atom stereocenters. The monoisotopic (exact) mass is 299 g/mol. The van der Waals surface area contributed by atoms with Gasteiger partial charge in [-0.3, -0.25) is 13.9 Å². The number of para-hydroxylation sites is 2. The Balaban J connectivity index is 2.10. The highest BCUT2D eigenvalue weighted by Crippen LogP contribution is 2.17. The molecule has 2 heterocycles. The molecule has 0 spiro atoms. The van der Waals surface area contributed by atoms with Gasteiger partial charge in [0.15, 0.2) is 5.58 Å². The molecule has 2 aromatic heterocycles. The zero-order valence-corrected chi connectivity index (χ0v) is 12.0. The van der Waals surface area contributed by atoms with E-state index in [1.165, 1.54) is 26.2 Å². The lowest BCUT2D eigenvalue weighted by Gasteiger charge is -2.06. The number of oxazole rings is 1. The number of hydrogen-bond donors (Lipinski definition) is 1. The minimum Gasteiger partial charge on any atom is -0.494 e. The van der Waals surface area contributed by atoms with Crippen molar-refractivity contribution in [1.29, 1.82) is 0 Å². The van der Waals surface area contributed by atoms with E-state index in [4.69, 9.17) is 4.42 Å². The Morgan fingerprint density at radius 3 is 2.59 bits per heavy atom. The average Bonchev–Trinajstić information content (AvgIpc) is 2.94. The second-order valence-corrected chi connectivity index (χ2v) is 4.80. The highest BCUT2D eigenvalue weighted by atomic mass is 16.3. The highest BCUT2D eigenvalue weighted by Gasteiger charge is 2.12. The predicted octanol–water partition coefficient (Wildman–Crippen LogP) is 1.10. The number of benzene rings is 1. The predicted molar refractivity (Wildman–Crippen MR) is 81.5 cm³/mol. The molecule has 7 nitrogen and oxygen atoms in total. The summed E-state index contributed by atoms with van der Waals surface area (Å²) in [7, 11) is 2.73. The fraction of sp³-hybridized carbons (Fsp3) is 0.133. The normalized spacial score (nSPS) is 11.5. The maximum absolute atomic E-state index is 12.0. The fourth-order valence-corrected chi connectivity index (χ4v) is 2.12. The molecule has 112 valence electrons. The van der Waals surface area contributed by atoms with Crippen LogP contribution in [0.3, 0.4) is 0 Å². The van der Waals surface area contributed by atoms with Crippen LogP contribution in [0.4, 0.5) is 0 Å². The van der Waals surface area contributed by atoms with Crippen molar-refractivity contribution >= 4 is 23.3 Å². The molecular formula is C15H13N3O4. The molecule has 0 fully saturated rings. The molecule has 1 aromatic carbocycles. The quantitative estimate of drug-likeness (QED) is 0.765. The molecule has 1 N–H and O–H groups in total. The van der Waals surface area contributed by atoms with Crippen LogP contribution in [-0.4, -0.2) is 19.2 Å². The lowest BCUT2D eigenvalue weighted by Crippen LogP contribution is -2.37. The third-order valence-electron chi connectivity index (χ3n) is 3.37. The standard InChI is InChI=1S/C15H13N3O4/c1-17-13(19)9(14(20)18(2)15(17)21)7-8-12-16-10-5-3-4-6-11(10)22-12/h3-8,19H,1-2H3/b8-7+.